The van der Waals surface area contributed by atoms with Crippen LogP contribution < -0.4 is 9.64 Å². The second-order valence-electron chi connectivity index (χ2n) is 6.54. The number of ether oxygens (including phenoxy) is 2. The summed E-state index contributed by atoms with van der Waals surface area (Å²) < 4.78 is 10.1. The van der Waals surface area contributed by atoms with E-state index in [0.717, 1.165) is 0 Å². The molecule has 5 nitrogen and oxygen atoms in total. The second kappa shape index (κ2) is 7.82. The highest BCUT2D eigenvalue weighted by Gasteiger charge is 2.27. The molecule has 22 heavy (non-hydrogen) atoms. The third-order valence-electron chi connectivity index (χ3n) is 2.40. The number of fused-ring (bicyclic) bond motifs is 1. The molecule has 5 heteroatoms. The van der Waals surface area contributed by atoms with Crippen LogP contribution in [-0.4, -0.2) is 31.6 Å². The minimum absolute atomic E-state index is 0.0452. The molecule has 1 aliphatic rings. The Balaban J connectivity index is 0.000000422. The van der Waals surface area contributed by atoms with Crippen LogP contribution in [0, 0.1) is 5.41 Å². The average Bonchev–Trinajstić information content (AvgIpc) is 2.40. The molecule has 0 saturated heterocycles. The van der Waals surface area contributed by atoms with Gasteiger partial charge in [-0.3, -0.25) is 14.5 Å². The van der Waals surface area contributed by atoms with Gasteiger partial charge in [-0.05, 0) is 24.5 Å². The van der Waals surface area contributed by atoms with Gasteiger partial charge < -0.3 is 9.47 Å². The lowest BCUT2D eigenvalue weighted by atomic mass is 10.0. The molecule has 1 aliphatic heterocycles. The molecular formula is C17H25NO4. The van der Waals surface area contributed by atoms with E-state index in [1.54, 1.807) is 25.1 Å². The van der Waals surface area contributed by atoms with Crippen molar-refractivity contribution in [1.29, 1.82) is 0 Å². The van der Waals surface area contributed by atoms with E-state index in [0.29, 0.717) is 23.5 Å². The van der Waals surface area contributed by atoms with Crippen LogP contribution in [0.3, 0.4) is 0 Å². The highest BCUT2D eigenvalue weighted by atomic mass is 16.5. The van der Waals surface area contributed by atoms with Gasteiger partial charge in [0, 0.05) is 0 Å². The zero-order chi connectivity index (χ0) is 16.8. The normalized spacial score (nSPS) is 13.5. The third-order valence-corrected chi connectivity index (χ3v) is 2.40. The van der Waals surface area contributed by atoms with Crippen molar-refractivity contribution in [3.8, 4) is 5.75 Å². The van der Waals surface area contributed by atoms with Gasteiger partial charge in [0.15, 0.2) is 6.61 Å². The fourth-order valence-electron chi connectivity index (χ4n) is 1.66. The maximum absolute atomic E-state index is 11.7. The van der Waals surface area contributed by atoms with Crippen molar-refractivity contribution in [2.24, 2.45) is 5.41 Å². The summed E-state index contributed by atoms with van der Waals surface area (Å²) in [6, 6.07) is 7.11. The first-order valence-corrected chi connectivity index (χ1v) is 7.40. The molecule has 0 unspecified atom stereocenters. The standard InChI is InChI=1S/C12H13NO4.C5H12/c1-2-16-12(15)7-13-9-5-3-4-6-10(9)17-8-11(13)14;1-5(2,3)4/h3-6H,2,7-8H2,1H3;1-4H3. The van der Waals surface area contributed by atoms with Crippen LogP contribution in [0.15, 0.2) is 24.3 Å². The Bertz CT molecular complexity index is 514. The number of anilines is 1. The van der Waals surface area contributed by atoms with E-state index in [9.17, 15) is 9.59 Å². The molecule has 0 radical (unpaired) electrons. The Morgan fingerprint density at radius 1 is 1.27 bits per heavy atom. The summed E-state index contributed by atoms with van der Waals surface area (Å²) >= 11 is 0. The van der Waals surface area contributed by atoms with Gasteiger partial charge in [0.05, 0.1) is 12.3 Å². The molecule has 0 atom stereocenters. The van der Waals surface area contributed by atoms with Crippen molar-refractivity contribution < 1.29 is 19.1 Å². The molecule has 0 saturated carbocycles. The first-order valence-electron chi connectivity index (χ1n) is 7.40. The van der Waals surface area contributed by atoms with E-state index in [-0.39, 0.29) is 19.1 Å². The number of esters is 1. The predicted molar refractivity (Wildman–Crippen MR) is 86.1 cm³/mol. The van der Waals surface area contributed by atoms with Crippen molar-refractivity contribution in [3.05, 3.63) is 24.3 Å². The largest absolute Gasteiger partial charge is 0.482 e. The van der Waals surface area contributed by atoms with E-state index >= 15 is 0 Å². The van der Waals surface area contributed by atoms with Crippen molar-refractivity contribution in [1.82, 2.24) is 0 Å². The first-order chi connectivity index (χ1) is 10.2. The molecule has 0 spiro atoms. The topological polar surface area (TPSA) is 55.8 Å². The molecular weight excluding hydrogens is 282 g/mol. The quantitative estimate of drug-likeness (QED) is 0.805. The molecule has 1 aromatic rings. The predicted octanol–water partition coefficient (Wildman–Crippen LogP) is 3.03. The Morgan fingerprint density at radius 3 is 2.45 bits per heavy atom. The molecule has 0 N–H and O–H groups in total. The number of amides is 1. The number of nitrogens with zero attached hydrogens (tertiary/aromatic N) is 1. The molecule has 0 aromatic heterocycles. The molecule has 0 bridgehead atoms. The zero-order valence-corrected chi connectivity index (χ0v) is 14.0. The van der Waals surface area contributed by atoms with Gasteiger partial charge in [0.2, 0.25) is 0 Å². The number of rotatable bonds is 3. The lowest BCUT2D eigenvalue weighted by molar-refractivity contribution is -0.142. The average molecular weight is 307 g/mol. The monoisotopic (exact) mass is 307 g/mol. The zero-order valence-electron chi connectivity index (χ0n) is 14.0. The molecule has 1 aromatic carbocycles. The summed E-state index contributed by atoms with van der Waals surface area (Å²) in [5.41, 5.74) is 1.11. The number of benzene rings is 1. The van der Waals surface area contributed by atoms with Crippen molar-refractivity contribution >= 4 is 17.6 Å². The van der Waals surface area contributed by atoms with Gasteiger partial charge in [-0.1, -0.05) is 39.8 Å². The van der Waals surface area contributed by atoms with Crippen LogP contribution in [0.2, 0.25) is 0 Å². The molecule has 122 valence electrons. The van der Waals surface area contributed by atoms with E-state index in [2.05, 4.69) is 27.7 Å². The Hall–Kier alpha value is -2.04. The first kappa shape index (κ1) is 18.0. The van der Waals surface area contributed by atoms with Gasteiger partial charge in [-0.15, -0.1) is 0 Å². The van der Waals surface area contributed by atoms with Crippen LogP contribution >= 0.6 is 0 Å². The minimum atomic E-state index is -0.419. The van der Waals surface area contributed by atoms with Gasteiger partial charge in [0.25, 0.3) is 5.91 Å². The Labute approximate surface area is 132 Å². The van der Waals surface area contributed by atoms with Gasteiger partial charge in [0.1, 0.15) is 12.3 Å². The highest BCUT2D eigenvalue weighted by Crippen LogP contribution is 2.31. The number of hydrogen-bond donors (Lipinski definition) is 0. The van der Waals surface area contributed by atoms with Crippen molar-refractivity contribution in [2.45, 2.75) is 34.6 Å². The highest BCUT2D eigenvalue weighted by molar-refractivity contribution is 6.01. The number of hydrogen-bond acceptors (Lipinski definition) is 4. The Kier molecular flexibility index (Phi) is 6.40. The number of para-hydroxylation sites is 2. The van der Waals surface area contributed by atoms with Crippen LogP contribution in [0.5, 0.6) is 5.75 Å². The third kappa shape index (κ3) is 6.16. The maximum Gasteiger partial charge on any atom is 0.326 e. The summed E-state index contributed by atoms with van der Waals surface area (Å²) in [4.78, 5) is 24.5. The molecule has 1 amide bonds. The second-order valence-corrected chi connectivity index (χ2v) is 6.54. The van der Waals surface area contributed by atoms with E-state index in [1.807, 2.05) is 6.07 Å². The van der Waals surface area contributed by atoms with Gasteiger partial charge in [-0.2, -0.15) is 0 Å². The number of carbonyl (C=O) groups excluding carboxylic acids is 2. The fraction of sp³-hybridized carbons (Fsp3) is 0.529. The number of carbonyl (C=O) groups is 2. The lowest BCUT2D eigenvalue weighted by Gasteiger charge is -2.28. The van der Waals surface area contributed by atoms with Crippen molar-refractivity contribution in [3.63, 3.8) is 0 Å². The van der Waals surface area contributed by atoms with E-state index < -0.39 is 5.97 Å². The Morgan fingerprint density at radius 2 is 1.86 bits per heavy atom. The molecule has 2 rings (SSSR count). The van der Waals surface area contributed by atoms with Gasteiger partial charge in [-0.25, -0.2) is 0 Å². The fourth-order valence-corrected chi connectivity index (χ4v) is 1.66. The summed E-state index contributed by atoms with van der Waals surface area (Å²) in [6.45, 7) is 10.7. The summed E-state index contributed by atoms with van der Waals surface area (Å²) in [6.07, 6.45) is 0. The lowest BCUT2D eigenvalue weighted by Crippen LogP contribution is -2.42. The van der Waals surface area contributed by atoms with E-state index in [1.165, 1.54) is 4.90 Å². The molecule has 0 aliphatic carbocycles. The van der Waals surface area contributed by atoms with Crippen LogP contribution in [-0.2, 0) is 14.3 Å². The van der Waals surface area contributed by atoms with Crippen LogP contribution in [0.1, 0.15) is 34.6 Å². The summed E-state index contributed by atoms with van der Waals surface area (Å²) in [5, 5.41) is 0. The van der Waals surface area contributed by atoms with Crippen molar-refractivity contribution in [2.75, 3.05) is 24.7 Å². The molecule has 1 heterocycles. The maximum atomic E-state index is 11.7. The smallest absolute Gasteiger partial charge is 0.326 e. The summed E-state index contributed by atoms with van der Waals surface area (Å²) in [5.74, 6) is -0.0503. The van der Waals surface area contributed by atoms with E-state index in [4.69, 9.17) is 9.47 Å². The minimum Gasteiger partial charge on any atom is -0.482 e. The summed E-state index contributed by atoms with van der Waals surface area (Å²) in [7, 11) is 0. The van der Waals surface area contributed by atoms with Crippen LogP contribution in [0.4, 0.5) is 5.69 Å². The van der Waals surface area contributed by atoms with Crippen LogP contribution in [0.25, 0.3) is 0 Å². The molecule has 0 fully saturated rings. The SMILES string of the molecule is CC(C)(C)C.CCOC(=O)CN1C(=O)COc2ccccc21. The van der Waals surface area contributed by atoms with Gasteiger partial charge >= 0.3 is 5.97 Å².